The molecule has 1 atom stereocenters. The molecule has 1 aliphatic rings. The van der Waals surface area contributed by atoms with E-state index >= 15 is 0 Å². The van der Waals surface area contributed by atoms with E-state index in [1.165, 1.54) is 0 Å². The summed E-state index contributed by atoms with van der Waals surface area (Å²) >= 11 is 0. The van der Waals surface area contributed by atoms with Crippen molar-refractivity contribution in [2.45, 2.75) is 31.4 Å². The predicted molar refractivity (Wildman–Crippen MR) is 91.7 cm³/mol. The molecule has 1 saturated carbocycles. The van der Waals surface area contributed by atoms with Gasteiger partial charge in [0.25, 0.3) is 5.91 Å². The van der Waals surface area contributed by atoms with Crippen LogP contribution in [0, 0.1) is 5.92 Å². The molecular formula is C18H22N4O2. The number of hydrogen-bond acceptors (Lipinski definition) is 5. The Labute approximate surface area is 141 Å². The van der Waals surface area contributed by atoms with Crippen molar-refractivity contribution in [3.8, 4) is 0 Å². The number of rotatable bonds is 6. The van der Waals surface area contributed by atoms with E-state index in [4.69, 9.17) is 0 Å². The zero-order chi connectivity index (χ0) is 16.9. The fourth-order valence-corrected chi connectivity index (χ4v) is 3.07. The minimum Gasteiger partial charge on any atom is -0.393 e. The minimum atomic E-state index is -0.260. The summed E-state index contributed by atoms with van der Waals surface area (Å²) in [5.74, 6) is 0.663. The first-order chi connectivity index (χ1) is 11.7. The molecule has 0 spiro atoms. The number of aliphatic hydroxyl groups excluding tert-OH is 1. The molecule has 0 aliphatic heterocycles. The summed E-state index contributed by atoms with van der Waals surface area (Å²) in [5.41, 5.74) is 1.45. The van der Waals surface area contributed by atoms with E-state index in [9.17, 15) is 9.90 Å². The minimum absolute atomic E-state index is 0.0549. The molecule has 24 heavy (non-hydrogen) atoms. The van der Waals surface area contributed by atoms with Gasteiger partial charge >= 0.3 is 0 Å². The summed E-state index contributed by atoms with van der Waals surface area (Å²) < 4.78 is 0. The van der Waals surface area contributed by atoms with Crippen LogP contribution in [0.25, 0.3) is 0 Å². The van der Waals surface area contributed by atoms with E-state index in [0.29, 0.717) is 30.6 Å². The number of aliphatic hydroxyl groups is 1. The number of pyridine rings is 2. The van der Waals surface area contributed by atoms with E-state index < -0.39 is 0 Å². The number of amides is 1. The molecule has 3 N–H and O–H groups in total. The standard InChI is InChI=1S/C18H22N4O2/c1-19-17-15(6-4-8-21-17)18(24)22-16(12-9-14(23)10-12)11-13-5-2-3-7-20-13/h2-8,12,14,16,23H,9-11H2,1H3,(H,19,21)(H,22,24). The molecule has 0 bridgehead atoms. The van der Waals surface area contributed by atoms with Crippen molar-refractivity contribution in [2.75, 3.05) is 12.4 Å². The summed E-state index contributed by atoms with van der Waals surface area (Å²) in [5, 5.41) is 15.7. The van der Waals surface area contributed by atoms with Crippen LogP contribution in [0.5, 0.6) is 0 Å². The third kappa shape index (κ3) is 3.71. The number of nitrogens with zero attached hydrogens (tertiary/aromatic N) is 2. The highest BCUT2D eigenvalue weighted by Gasteiger charge is 2.35. The average Bonchev–Trinajstić information content (AvgIpc) is 2.59. The Morgan fingerprint density at radius 2 is 2.04 bits per heavy atom. The molecule has 2 heterocycles. The van der Waals surface area contributed by atoms with Gasteiger partial charge in [-0.3, -0.25) is 9.78 Å². The average molecular weight is 326 g/mol. The van der Waals surface area contributed by atoms with Gasteiger partial charge in [-0.2, -0.15) is 0 Å². The fraction of sp³-hybridized carbons (Fsp3) is 0.389. The van der Waals surface area contributed by atoms with Gasteiger partial charge in [0, 0.05) is 37.6 Å². The Morgan fingerprint density at radius 3 is 2.71 bits per heavy atom. The predicted octanol–water partition coefficient (Wildman–Crippen LogP) is 1.63. The van der Waals surface area contributed by atoms with Crippen molar-refractivity contribution in [1.82, 2.24) is 15.3 Å². The molecule has 1 aliphatic carbocycles. The number of anilines is 1. The Morgan fingerprint density at radius 1 is 1.25 bits per heavy atom. The van der Waals surface area contributed by atoms with Gasteiger partial charge in [0.2, 0.25) is 0 Å². The number of nitrogens with one attached hydrogen (secondary N) is 2. The number of hydrogen-bond donors (Lipinski definition) is 3. The Bertz CT molecular complexity index is 686. The Kier molecular flexibility index (Phi) is 5.05. The van der Waals surface area contributed by atoms with Crippen molar-refractivity contribution >= 4 is 11.7 Å². The molecule has 126 valence electrons. The SMILES string of the molecule is CNc1ncccc1C(=O)NC(Cc1ccccn1)C1CC(O)C1. The Balaban J connectivity index is 1.75. The van der Waals surface area contributed by atoms with E-state index in [0.717, 1.165) is 5.69 Å². The number of carbonyl (C=O) groups excluding carboxylic acids is 1. The molecule has 0 saturated heterocycles. The van der Waals surface area contributed by atoms with Gasteiger partial charge in [-0.05, 0) is 43.0 Å². The van der Waals surface area contributed by atoms with E-state index in [-0.39, 0.29) is 24.0 Å². The second kappa shape index (κ2) is 7.40. The molecule has 1 fully saturated rings. The molecule has 6 nitrogen and oxygen atoms in total. The number of carbonyl (C=O) groups is 1. The van der Waals surface area contributed by atoms with Crippen LogP contribution >= 0.6 is 0 Å². The van der Waals surface area contributed by atoms with Gasteiger partial charge in [-0.1, -0.05) is 6.07 Å². The first kappa shape index (κ1) is 16.4. The number of aromatic nitrogens is 2. The van der Waals surface area contributed by atoms with E-state index in [1.54, 1.807) is 31.6 Å². The lowest BCUT2D eigenvalue weighted by atomic mass is 9.76. The van der Waals surface area contributed by atoms with Crippen LogP contribution in [0.1, 0.15) is 28.9 Å². The van der Waals surface area contributed by atoms with Gasteiger partial charge in [-0.25, -0.2) is 4.98 Å². The largest absolute Gasteiger partial charge is 0.393 e. The molecule has 1 unspecified atom stereocenters. The zero-order valence-electron chi connectivity index (χ0n) is 13.6. The summed E-state index contributed by atoms with van der Waals surface area (Å²) in [7, 11) is 1.74. The lowest BCUT2D eigenvalue weighted by molar-refractivity contribution is 0.0238. The third-order valence-electron chi connectivity index (χ3n) is 4.48. The molecule has 1 amide bonds. The lowest BCUT2D eigenvalue weighted by Gasteiger charge is -2.38. The van der Waals surface area contributed by atoms with Crippen molar-refractivity contribution < 1.29 is 9.90 Å². The normalized spacial score (nSPS) is 20.8. The van der Waals surface area contributed by atoms with Crippen LogP contribution < -0.4 is 10.6 Å². The van der Waals surface area contributed by atoms with Gasteiger partial charge in [-0.15, -0.1) is 0 Å². The Hall–Kier alpha value is -2.47. The monoisotopic (exact) mass is 326 g/mol. The summed E-state index contributed by atoms with van der Waals surface area (Å²) in [6, 6.07) is 9.21. The summed E-state index contributed by atoms with van der Waals surface area (Å²) in [6.45, 7) is 0. The summed E-state index contributed by atoms with van der Waals surface area (Å²) in [6.07, 6.45) is 5.22. The maximum atomic E-state index is 12.7. The molecule has 0 radical (unpaired) electrons. The second-order valence-corrected chi connectivity index (χ2v) is 6.14. The third-order valence-corrected chi connectivity index (χ3v) is 4.48. The van der Waals surface area contributed by atoms with Crippen molar-refractivity contribution in [3.63, 3.8) is 0 Å². The molecule has 6 heteroatoms. The molecule has 2 aromatic rings. The highest BCUT2D eigenvalue weighted by molar-refractivity contribution is 5.98. The van der Waals surface area contributed by atoms with Gasteiger partial charge in [0.05, 0.1) is 11.7 Å². The van der Waals surface area contributed by atoms with Crippen LogP contribution in [-0.4, -0.2) is 40.2 Å². The van der Waals surface area contributed by atoms with Crippen molar-refractivity contribution in [2.24, 2.45) is 5.92 Å². The fourth-order valence-electron chi connectivity index (χ4n) is 3.07. The molecule has 0 aromatic carbocycles. The van der Waals surface area contributed by atoms with Gasteiger partial charge < -0.3 is 15.7 Å². The quantitative estimate of drug-likeness (QED) is 0.751. The molecule has 2 aromatic heterocycles. The summed E-state index contributed by atoms with van der Waals surface area (Å²) in [4.78, 5) is 21.2. The van der Waals surface area contributed by atoms with Crippen LogP contribution in [0.15, 0.2) is 42.7 Å². The highest BCUT2D eigenvalue weighted by atomic mass is 16.3. The smallest absolute Gasteiger partial charge is 0.255 e. The molecule has 3 rings (SSSR count). The zero-order valence-corrected chi connectivity index (χ0v) is 13.6. The van der Waals surface area contributed by atoms with Crippen molar-refractivity contribution in [3.05, 3.63) is 54.0 Å². The maximum Gasteiger partial charge on any atom is 0.255 e. The van der Waals surface area contributed by atoms with E-state index in [1.807, 2.05) is 18.2 Å². The van der Waals surface area contributed by atoms with Gasteiger partial charge in [0.15, 0.2) is 0 Å². The lowest BCUT2D eigenvalue weighted by Crippen LogP contribution is -2.48. The van der Waals surface area contributed by atoms with Gasteiger partial charge in [0.1, 0.15) is 5.82 Å². The van der Waals surface area contributed by atoms with Crippen LogP contribution in [0.4, 0.5) is 5.82 Å². The van der Waals surface area contributed by atoms with Crippen LogP contribution in [0.3, 0.4) is 0 Å². The first-order valence-electron chi connectivity index (χ1n) is 8.19. The van der Waals surface area contributed by atoms with Crippen molar-refractivity contribution in [1.29, 1.82) is 0 Å². The first-order valence-corrected chi connectivity index (χ1v) is 8.19. The van der Waals surface area contributed by atoms with E-state index in [2.05, 4.69) is 20.6 Å². The second-order valence-electron chi connectivity index (χ2n) is 6.14. The highest BCUT2D eigenvalue weighted by Crippen LogP contribution is 2.31. The maximum absolute atomic E-state index is 12.7. The van der Waals surface area contributed by atoms with Crippen LogP contribution in [-0.2, 0) is 6.42 Å². The topological polar surface area (TPSA) is 87.1 Å². The van der Waals surface area contributed by atoms with Crippen LogP contribution in [0.2, 0.25) is 0 Å². The molecular weight excluding hydrogens is 304 g/mol.